The minimum atomic E-state index is -0.456. The van der Waals surface area contributed by atoms with Crippen molar-refractivity contribution in [2.24, 2.45) is 5.73 Å². The van der Waals surface area contributed by atoms with Crippen molar-refractivity contribution >= 4 is 39.1 Å². The van der Waals surface area contributed by atoms with E-state index >= 15 is 0 Å². The fraction of sp³-hybridized carbons (Fsp3) is 0.500. The number of nitrogens with one attached hydrogen (secondary N) is 1. The van der Waals surface area contributed by atoms with Gasteiger partial charge in [-0.3, -0.25) is 4.79 Å². The lowest BCUT2D eigenvalue weighted by Crippen LogP contribution is -2.44. The van der Waals surface area contributed by atoms with Crippen LogP contribution in [0.4, 0.5) is 10.1 Å². The molecule has 1 aliphatic carbocycles. The Bertz CT molecular complexity index is 495. The van der Waals surface area contributed by atoms with Crippen LogP contribution in [0.3, 0.4) is 0 Å². The molecule has 0 spiro atoms. The van der Waals surface area contributed by atoms with Gasteiger partial charge in [0.1, 0.15) is 5.82 Å². The third-order valence-electron chi connectivity index (χ3n) is 3.63. The Labute approximate surface area is 131 Å². The summed E-state index contributed by atoms with van der Waals surface area (Å²) in [4.78, 5) is 12.1. The summed E-state index contributed by atoms with van der Waals surface area (Å²) in [5.74, 6) is -0.647. The van der Waals surface area contributed by atoms with Crippen LogP contribution in [0.5, 0.6) is 0 Å². The van der Waals surface area contributed by atoms with Gasteiger partial charge in [-0.1, -0.05) is 30.9 Å². The molecule has 0 bridgehead atoms. The van der Waals surface area contributed by atoms with Gasteiger partial charge in [-0.15, -0.1) is 0 Å². The van der Waals surface area contributed by atoms with Crippen molar-refractivity contribution in [3.05, 3.63) is 27.4 Å². The Morgan fingerprint density at radius 1 is 1.40 bits per heavy atom. The number of rotatable bonds is 3. The highest BCUT2D eigenvalue weighted by Gasteiger charge is 2.30. The number of benzene rings is 1. The second-order valence-corrected chi connectivity index (χ2v) is 6.65. The summed E-state index contributed by atoms with van der Waals surface area (Å²) in [6, 6.07) is 2.43. The predicted octanol–water partition coefficient (Wildman–Crippen LogP) is 4.23. The standard InChI is InChI=1S/C14H17BrClFN2O/c15-10-6-9(17)7-11(16)13(10)19-12(20)8-14(18)4-2-1-3-5-14/h6-7H,1-5,8,18H2,(H,19,20). The lowest BCUT2D eigenvalue weighted by Gasteiger charge is -2.32. The van der Waals surface area contributed by atoms with Gasteiger partial charge in [0.15, 0.2) is 0 Å². The number of hydrogen-bond donors (Lipinski definition) is 2. The zero-order valence-corrected chi connectivity index (χ0v) is 13.4. The largest absolute Gasteiger partial charge is 0.325 e. The summed E-state index contributed by atoms with van der Waals surface area (Å²) in [6.07, 6.45) is 5.27. The van der Waals surface area contributed by atoms with Gasteiger partial charge >= 0.3 is 0 Å². The number of nitrogens with two attached hydrogens (primary N) is 1. The summed E-state index contributed by atoms with van der Waals surface area (Å²) in [5, 5.41) is 2.88. The van der Waals surface area contributed by atoms with Crippen LogP contribution >= 0.6 is 27.5 Å². The molecular formula is C14H17BrClFN2O. The molecule has 3 nitrogen and oxygen atoms in total. The van der Waals surface area contributed by atoms with E-state index in [4.69, 9.17) is 17.3 Å². The van der Waals surface area contributed by atoms with Crippen LogP contribution in [0.2, 0.25) is 5.02 Å². The van der Waals surface area contributed by atoms with Crippen LogP contribution in [0.25, 0.3) is 0 Å². The van der Waals surface area contributed by atoms with Gasteiger partial charge < -0.3 is 11.1 Å². The highest BCUT2D eigenvalue weighted by atomic mass is 79.9. The summed E-state index contributed by atoms with van der Waals surface area (Å²) in [7, 11) is 0. The first-order valence-corrected chi connectivity index (χ1v) is 7.80. The van der Waals surface area contributed by atoms with Crippen LogP contribution in [-0.4, -0.2) is 11.4 Å². The lowest BCUT2D eigenvalue weighted by molar-refractivity contribution is -0.117. The average Bonchev–Trinajstić information content (AvgIpc) is 2.34. The van der Waals surface area contributed by atoms with Gasteiger partial charge in [0.05, 0.1) is 10.7 Å². The van der Waals surface area contributed by atoms with E-state index in [0.717, 1.165) is 25.7 Å². The fourth-order valence-electron chi connectivity index (χ4n) is 2.60. The molecule has 1 saturated carbocycles. The Morgan fingerprint density at radius 3 is 2.65 bits per heavy atom. The van der Waals surface area contributed by atoms with E-state index in [2.05, 4.69) is 21.2 Å². The van der Waals surface area contributed by atoms with Crippen molar-refractivity contribution in [2.45, 2.75) is 44.1 Å². The molecule has 20 heavy (non-hydrogen) atoms. The number of carbonyl (C=O) groups excluding carboxylic acids is 1. The second-order valence-electron chi connectivity index (χ2n) is 5.39. The molecule has 3 N–H and O–H groups in total. The zero-order chi connectivity index (χ0) is 14.8. The van der Waals surface area contributed by atoms with Gasteiger partial charge in [-0.2, -0.15) is 0 Å². The maximum atomic E-state index is 13.1. The molecular weight excluding hydrogens is 347 g/mol. The summed E-state index contributed by atoms with van der Waals surface area (Å²) < 4.78 is 13.6. The SMILES string of the molecule is NC1(CC(=O)Nc2c(Cl)cc(F)cc2Br)CCCCC1. The van der Waals surface area contributed by atoms with E-state index in [9.17, 15) is 9.18 Å². The number of carbonyl (C=O) groups is 1. The van der Waals surface area contributed by atoms with Crippen LogP contribution in [-0.2, 0) is 4.79 Å². The van der Waals surface area contributed by atoms with Gasteiger partial charge in [0.25, 0.3) is 0 Å². The second kappa shape index (κ2) is 6.41. The molecule has 0 saturated heterocycles. The van der Waals surface area contributed by atoms with Gasteiger partial charge in [0.2, 0.25) is 5.91 Å². The maximum absolute atomic E-state index is 13.1. The first-order chi connectivity index (χ1) is 9.39. The molecule has 0 atom stereocenters. The van der Waals surface area contributed by atoms with E-state index in [1.807, 2.05) is 0 Å². The van der Waals surface area contributed by atoms with Crippen molar-refractivity contribution in [3.63, 3.8) is 0 Å². The van der Waals surface area contributed by atoms with Crippen molar-refractivity contribution in [3.8, 4) is 0 Å². The topological polar surface area (TPSA) is 55.1 Å². The monoisotopic (exact) mass is 362 g/mol. The van der Waals surface area contributed by atoms with Crippen molar-refractivity contribution in [1.29, 1.82) is 0 Å². The third-order valence-corrected chi connectivity index (χ3v) is 4.56. The minimum Gasteiger partial charge on any atom is -0.325 e. The quantitative estimate of drug-likeness (QED) is 0.844. The molecule has 1 aromatic carbocycles. The molecule has 0 aliphatic heterocycles. The molecule has 1 aliphatic rings. The molecule has 2 rings (SSSR count). The average molecular weight is 364 g/mol. The fourth-order valence-corrected chi connectivity index (χ4v) is 3.50. The molecule has 0 unspecified atom stereocenters. The summed E-state index contributed by atoms with van der Waals surface area (Å²) in [6.45, 7) is 0. The van der Waals surface area contributed by atoms with Gasteiger partial charge in [-0.05, 0) is 40.9 Å². The van der Waals surface area contributed by atoms with Crippen LogP contribution in [0.15, 0.2) is 16.6 Å². The smallest absolute Gasteiger partial charge is 0.226 e. The number of halogens is 3. The minimum absolute atomic E-state index is 0.167. The Hall–Kier alpha value is -0.650. The summed E-state index contributed by atoms with van der Waals surface area (Å²) >= 11 is 9.13. The number of hydrogen-bond acceptors (Lipinski definition) is 2. The zero-order valence-electron chi connectivity index (χ0n) is 11.0. The van der Waals surface area contributed by atoms with Crippen LogP contribution in [0, 0.1) is 5.82 Å². The summed E-state index contributed by atoms with van der Waals surface area (Å²) in [5.41, 5.74) is 6.21. The molecule has 1 aromatic rings. The Balaban J connectivity index is 2.05. The van der Waals surface area contributed by atoms with Gasteiger partial charge in [-0.25, -0.2) is 4.39 Å². The lowest BCUT2D eigenvalue weighted by atomic mass is 9.80. The van der Waals surface area contributed by atoms with Crippen LogP contribution < -0.4 is 11.1 Å². The molecule has 6 heteroatoms. The molecule has 0 heterocycles. The molecule has 0 aromatic heterocycles. The van der Waals surface area contributed by atoms with E-state index in [0.29, 0.717) is 10.2 Å². The highest BCUT2D eigenvalue weighted by molar-refractivity contribution is 9.10. The Kier molecular flexibility index (Phi) is 5.04. The first kappa shape index (κ1) is 15.7. The van der Waals surface area contributed by atoms with Crippen molar-refractivity contribution < 1.29 is 9.18 Å². The highest BCUT2D eigenvalue weighted by Crippen LogP contribution is 2.33. The predicted molar refractivity (Wildman–Crippen MR) is 82.4 cm³/mol. The van der Waals surface area contributed by atoms with E-state index in [1.165, 1.54) is 18.6 Å². The molecule has 0 radical (unpaired) electrons. The Morgan fingerprint density at radius 2 is 2.05 bits per heavy atom. The van der Waals surface area contributed by atoms with Crippen molar-refractivity contribution in [2.75, 3.05) is 5.32 Å². The van der Waals surface area contributed by atoms with Crippen LogP contribution in [0.1, 0.15) is 38.5 Å². The molecule has 1 fully saturated rings. The third kappa shape index (κ3) is 3.93. The molecule has 110 valence electrons. The van der Waals surface area contributed by atoms with E-state index < -0.39 is 11.4 Å². The number of anilines is 1. The van der Waals surface area contributed by atoms with E-state index in [1.54, 1.807) is 0 Å². The normalized spacial score (nSPS) is 17.8. The maximum Gasteiger partial charge on any atom is 0.226 e. The molecule has 1 amide bonds. The number of amides is 1. The first-order valence-electron chi connectivity index (χ1n) is 6.63. The van der Waals surface area contributed by atoms with Gasteiger partial charge in [0, 0.05) is 16.4 Å². The van der Waals surface area contributed by atoms with E-state index in [-0.39, 0.29) is 17.4 Å². The van der Waals surface area contributed by atoms with Crippen molar-refractivity contribution in [1.82, 2.24) is 0 Å².